The van der Waals surface area contributed by atoms with Crippen molar-refractivity contribution in [2.24, 2.45) is 0 Å². The van der Waals surface area contributed by atoms with E-state index in [1.54, 1.807) is 36.4 Å². The summed E-state index contributed by atoms with van der Waals surface area (Å²) in [5, 5.41) is 32.0. The summed E-state index contributed by atoms with van der Waals surface area (Å²) in [5.74, 6) is 0.460. The number of benzene rings is 2. The van der Waals surface area contributed by atoms with E-state index in [0.29, 0.717) is 0 Å². The molecule has 5 nitrogen and oxygen atoms in total. The molecule has 2 atom stereocenters. The molecule has 6 heteroatoms. The normalized spacial score (nSPS) is 12.6. The van der Waals surface area contributed by atoms with Crippen LogP contribution in [0.1, 0.15) is 24.2 Å². The highest BCUT2D eigenvalue weighted by molar-refractivity contribution is 5.85. The number of hydrogen-bond donors (Lipinski definition) is 4. The van der Waals surface area contributed by atoms with E-state index in [2.05, 4.69) is 5.32 Å². The fourth-order valence-corrected chi connectivity index (χ4v) is 2.18. The molecule has 0 bridgehead atoms. The predicted octanol–water partition coefficient (Wildman–Crippen LogP) is 1.95. The molecular weight excluding hydrogens is 318 g/mol. The summed E-state index contributed by atoms with van der Waals surface area (Å²) in [6.07, 6.45) is 0.206. The highest BCUT2D eigenvalue weighted by Crippen LogP contribution is 2.19. The third kappa shape index (κ3) is 6.46. The molecule has 2 rings (SSSR count). The minimum absolute atomic E-state index is 0. The quantitative estimate of drug-likeness (QED) is 0.644. The Morgan fingerprint density at radius 2 is 1.39 bits per heavy atom. The van der Waals surface area contributed by atoms with Crippen LogP contribution in [0.4, 0.5) is 0 Å². The second kappa shape index (κ2) is 10.1. The number of halogens is 1. The molecule has 128 valence electrons. The average Bonchev–Trinajstić information content (AvgIpc) is 2.49. The molecule has 6 N–H and O–H groups in total. The van der Waals surface area contributed by atoms with Crippen molar-refractivity contribution in [3.63, 3.8) is 0 Å². The molecule has 0 aliphatic rings. The number of phenolic OH excluding ortho intramolecular Hbond substituents is 2. The monoisotopic (exact) mass is 341 g/mol. The van der Waals surface area contributed by atoms with Crippen LogP contribution in [0.5, 0.6) is 11.5 Å². The van der Waals surface area contributed by atoms with Gasteiger partial charge in [0.25, 0.3) is 0 Å². The van der Waals surface area contributed by atoms with Gasteiger partial charge in [0, 0.05) is 6.04 Å². The van der Waals surface area contributed by atoms with E-state index in [1.165, 1.54) is 0 Å². The third-order valence-corrected chi connectivity index (χ3v) is 3.52. The zero-order chi connectivity index (χ0) is 15.2. The van der Waals surface area contributed by atoms with Crippen molar-refractivity contribution in [1.29, 1.82) is 0 Å². The molecule has 2 aromatic carbocycles. The molecule has 0 amide bonds. The minimum Gasteiger partial charge on any atom is -0.508 e. The predicted molar refractivity (Wildman–Crippen MR) is 93.2 cm³/mol. The zero-order valence-electron chi connectivity index (χ0n) is 12.9. The fourth-order valence-electron chi connectivity index (χ4n) is 2.18. The van der Waals surface area contributed by atoms with Crippen LogP contribution < -0.4 is 5.32 Å². The lowest BCUT2D eigenvalue weighted by Crippen LogP contribution is -2.33. The number of aromatic hydroxyl groups is 2. The molecule has 0 spiro atoms. The molecule has 0 aliphatic heterocycles. The van der Waals surface area contributed by atoms with Crippen LogP contribution in [0.2, 0.25) is 0 Å². The molecule has 0 radical (unpaired) electrons. The van der Waals surface area contributed by atoms with Crippen molar-refractivity contribution in [3.8, 4) is 11.5 Å². The van der Waals surface area contributed by atoms with Gasteiger partial charge in [0.15, 0.2) is 0 Å². The van der Waals surface area contributed by atoms with Gasteiger partial charge in [-0.05, 0) is 55.3 Å². The van der Waals surface area contributed by atoms with Gasteiger partial charge in [-0.25, -0.2) is 0 Å². The topological polar surface area (TPSA) is 104 Å². The van der Waals surface area contributed by atoms with E-state index in [1.807, 2.05) is 19.1 Å². The van der Waals surface area contributed by atoms with E-state index >= 15 is 0 Å². The first-order valence-corrected chi connectivity index (χ1v) is 7.04. The standard InChI is InChI=1S/C17H21NO3.ClH.H2O/c1-12(17(21)14-4-8-16(20)9-5-14)18-11-10-13-2-6-15(19)7-3-13;;/h2-9,12,17-21H,10-11H2,1H3;1H;1H2/t12-,17-;;/m1../s1. The second-order valence-electron chi connectivity index (χ2n) is 5.20. The zero-order valence-corrected chi connectivity index (χ0v) is 13.8. The van der Waals surface area contributed by atoms with Crippen LogP contribution in [-0.4, -0.2) is 33.4 Å². The molecule has 2 aromatic rings. The maximum absolute atomic E-state index is 10.2. The van der Waals surface area contributed by atoms with Crippen LogP contribution in [0, 0.1) is 0 Å². The van der Waals surface area contributed by atoms with Crippen LogP contribution in [0.3, 0.4) is 0 Å². The summed E-state index contributed by atoms with van der Waals surface area (Å²) in [4.78, 5) is 0. The first-order chi connectivity index (χ1) is 10.1. The number of aliphatic hydroxyl groups is 1. The van der Waals surface area contributed by atoms with Crippen LogP contribution >= 0.6 is 12.4 Å². The highest BCUT2D eigenvalue weighted by Gasteiger charge is 2.15. The molecule has 0 saturated carbocycles. The maximum Gasteiger partial charge on any atom is 0.115 e. The number of phenols is 2. The number of nitrogens with one attached hydrogen (secondary N) is 1. The van der Waals surface area contributed by atoms with Gasteiger partial charge in [-0.1, -0.05) is 24.3 Å². The Morgan fingerprint density at radius 1 is 0.913 bits per heavy atom. The van der Waals surface area contributed by atoms with Crippen molar-refractivity contribution in [2.75, 3.05) is 6.54 Å². The van der Waals surface area contributed by atoms with E-state index in [9.17, 15) is 15.3 Å². The summed E-state index contributed by atoms with van der Waals surface area (Å²) in [7, 11) is 0. The Morgan fingerprint density at radius 3 is 1.91 bits per heavy atom. The van der Waals surface area contributed by atoms with Gasteiger partial charge in [0.1, 0.15) is 11.5 Å². The minimum atomic E-state index is -0.620. The molecule has 0 aromatic heterocycles. The van der Waals surface area contributed by atoms with E-state index < -0.39 is 6.10 Å². The van der Waals surface area contributed by atoms with Crippen molar-refractivity contribution in [3.05, 3.63) is 59.7 Å². The summed E-state index contributed by atoms with van der Waals surface area (Å²) in [5.41, 5.74) is 1.91. The first kappa shape index (κ1) is 21.2. The van der Waals surface area contributed by atoms with Crippen molar-refractivity contribution >= 4 is 12.4 Å². The fraction of sp³-hybridized carbons (Fsp3) is 0.294. The largest absolute Gasteiger partial charge is 0.508 e. The van der Waals surface area contributed by atoms with Gasteiger partial charge < -0.3 is 26.1 Å². The van der Waals surface area contributed by atoms with Gasteiger partial charge in [-0.15, -0.1) is 12.4 Å². The number of hydrogen-bond acceptors (Lipinski definition) is 4. The highest BCUT2D eigenvalue weighted by atomic mass is 35.5. The number of aliphatic hydroxyl groups excluding tert-OH is 1. The summed E-state index contributed by atoms with van der Waals surface area (Å²) >= 11 is 0. The van der Waals surface area contributed by atoms with Gasteiger partial charge >= 0.3 is 0 Å². The molecular formula is C17H24ClNO4. The SMILES string of the molecule is C[C@@H](NCCc1ccc(O)cc1)[C@@H](O)c1ccc(O)cc1.Cl.O. The Bertz CT molecular complexity index is 560. The lowest BCUT2D eigenvalue weighted by atomic mass is 10.0. The third-order valence-electron chi connectivity index (χ3n) is 3.52. The van der Waals surface area contributed by atoms with Gasteiger partial charge in [-0.3, -0.25) is 0 Å². The molecule has 0 fully saturated rings. The summed E-state index contributed by atoms with van der Waals surface area (Å²) in [6.45, 7) is 2.66. The van der Waals surface area contributed by atoms with Gasteiger partial charge in [0.05, 0.1) is 6.10 Å². The molecule has 23 heavy (non-hydrogen) atoms. The van der Waals surface area contributed by atoms with Crippen molar-refractivity contribution in [2.45, 2.75) is 25.5 Å². The van der Waals surface area contributed by atoms with Crippen molar-refractivity contribution < 1.29 is 20.8 Å². The Labute approximate surface area is 142 Å². The second-order valence-corrected chi connectivity index (χ2v) is 5.20. The molecule has 0 aliphatic carbocycles. The van der Waals surface area contributed by atoms with E-state index in [4.69, 9.17) is 0 Å². The Kier molecular flexibility index (Phi) is 9.29. The van der Waals surface area contributed by atoms with Crippen LogP contribution in [0.15, 0.2) is 48.5 Å². The maximum atomic E-state index is 10.2. The Balaban J connectivity index is 0.00000242. The van der Waals surface area contributed by atoms with Crippen molar-refractivity contribution in [1.82, 2.24) is 5.32 Å². The number of rotatable bonds is 6. The molecule has 0 heterocycles. The van der Waals surface area contributed by atoms with E-state index in [-0.39, 0.29) is 35.4 Å². The average molecular weight is 342 g/mol. The first-order valence-electron chi connectivity index (χ1n) is 7.04. The van der Waals surface area contributed by atoms with E-state index in [0.717, 1.165) is 24.1 Å². The smallest absolute Gasteiger partial charge is 0.115 e. The molecule has 0 unspecified atom stereocenters. The van der Waals surface area contributed by atoms with Gasteiger partial charge in [-0.2, -0.15) is 0 Å². The summed E-state index contributed by atoms with van der Waals surface area (Å²) in [6, 6.07) is 13.6. The van der Waals surface area contributed by atoms with Crippen LogP contribution in [0.25, 0.3) is 0 Å². The van der Waals surface area contributed by atoms with Crippen LogP contribution in [-0.2, 0) is 6.42 Å². The lowest BCUT2D eigenvalue weighted by Gasteiger charge is -2.20. The van der Waals surface area contributed by atoms with Gasteiger partial charge in [0.2, 0.25) is 0 Å². The summed E-state index contributed by atoms with van der Waals surface area (Å²) < 4.78 is 0. The lowest BCUT2D eigenvalue weighted by molar-refractivity contribution is 0.136. The molecule has 0 saturated heterocycles. The Hall–Kier alpha value is -1.79.